The first-order valence-electron chi connectivity index (χ1n) is 9.51. The fourth-order valence-electron chi connectivity index (χ4n) is 5.96. The molecular formula is C22H24O5. The molecule has 0 radical (unpaired) electrons. The lowest BCUT2D eigenvalue weighted by atomic mass is 9.39. The Hall–Kier alpha value is -1.98. The van der Waals surface area contributed by atoms with Gasteiger partial charge in [0.1, 0.15) is 17.5 Å². The molecule has 4 bridgehead atoms. The molecule has 1 N–H and O–H groups in total. The summed E-state index contributed by atoms with van der Waals surface area (Å²) in [6, 6.07) is 9.55. The molecule has 2 heterocycles. The SMILES string of the molecule is CC1(C)C2CO[C@@]3(C)C(=O)[C@@]1(C)C1=C(C(=O)C[C@@H](c4ccccc4)O1)[C@]23O. The van der Waals surface area contributed by atoms with Crippen LogP contribution in [0, 0.1) is 16.7 Å². The van der Waals surface area contributed by atoms with Crippen molar-refractivity contribution in [1.82, 2.24) is 0 Å². The van der Waals surface area contributed by atoms with Crippen LogP contribution in [0.4, 0.5) is 0 Å². The van der Waals surface area contributed by atoms with Crippen LogP contribution in [0.3, 0.4) is 0 Å². The van der Waals surface area contributed by atoms with Gasteiger partial charge in [-0.05, 0) is 24.8 Å². The van der Waals surface area contributed by atoms with Crippen LogP contribution < -0.4 is 0 Å². The lowest BCUT2D eigenvalue weighted by Crippen LogP contribution is -2.77. The molecular weight excluding hydrogens is 344 g/mol. The number of carbonyl (C=O) groups excluding carboxylic acids is 2. The van der Waals surface area contributed by atoms with Crippen LogP contribution >= 0.6 is 0 Å². The predicted molar refractivity (Wildman–Crippen MR) is 96.6 cm³/mol. The van der Waals surface area contributed by atoms with Crippen molar-refractivity contribution in [2.24, 2.45) is 16.7 Å². The van der Waals surface area contributed by atoms with Gasteiger partial charge >= 0.3 is 0 Å². The number of benzene rings is 1. The minimum Gasteiger partial charge on any atom is -0.488 e. The minimum atomic E-state index is -1.64. The van der Waals surface area contributed by atoms with Gasteiger partial charge in [-0.2, -0.15) is 0 Å². The van der Waals surface area contributed by atoms with Gasteiger partial charge in [-0.1, -0.05) is 44.2 Å². The van der Waals surface area contributed by atoms with E-state index in [-0.39, 0.29) is 36.1 Å². The molecule has 0 amide bonds. The van der Waals surface area contributed by atoms with Gasteiger partial charge in [0.2, 0.25) is 0 Å². The molecule has 5 nitrogen and oxygen atoms in total. The maximum Gasteiger partial charge on any atom is 0.181 e. The van der Waals surface area contributed by atoms with Gasteiger partial charge in [0.15, 0.2) is 17.2 Å². The molecule has 1 aromatic carbocycles. The smallest absolute Gasteiger partial charge is 0.181 e. The quantitative estimate of drug-likeness (QED) is 0.825. The number of aliphatic hydroxyl groups is 1. The van der Waals surface area contributed by atoms with E-state index < -0.39 is 28.1 Å². The lowest BCUT2D eigenvalue weighted by Gasteiger charge is -2.64. The summed E-state index contributed by atoms with van der Waals surface area (Å²) in [5, 5.41) is 11.8. The molecule has 1 saturated heterocycles. The van der Waals surface area contributed by atoms with Crippen LogP contribution in [0.15, 0.2) is 41.7 Å². The zero-order valence-corrected chi connectivity index (χ0v) is 16.0. The number of ether oxygens (including phenoxy) is 2. The van der Waals surface area contributed by atoms with Crippen molar-refractivity contribution >= 4 is 11.6 Å². The Morgan fingerprint density at radius 3 is 2.41 bits per heavy atom. The Labute approximate surface area is 158 Å². The topological polar surface area (TPSA) is 72.8 Å². The van der Waals surface area contributed by atoms with Crippen molar-refractivity contribution in [2.45, 2.75) is 51.4 Å². The van der Waals surface area contributed by atoms with E-state index in [2.05, 4.69) is 0 Å². The molecule has 0 spiro atoms. The van der Waals surface area contributed by atoms with Crippen molar-refractivity contribution in [1.29, 1.82) is 0 Å². The van der Waals surface area contributed by atoms with Crippen molar-refractivity contribution < 1.29 is 24.2 Å². The van der Waals surface area contributed by atoms with E-state index in [9.17, 15) is 14.7 Å². The third kappa shape index (κ3) is 1.57. The number of rotatable bonds is 1. The van der Waals surface area contributed by atoms with Crippen molar-refractivity contribution in [3.63, 3.8) is 0 Å². The highest BCUT2D eigenvalue weighted by molar-refractivity contribution is 6.09. The standard InChI is InChI=1S/C22H24O5/c1-19(2)15-11-26-21(4)18(24)20(19,3)17-16(22(15,21)25)13(23)10-14(27-17)12-8-6-5-7-9-12/h5-9,14-15,25H,10-11H2,1-4H3/t14-,15?,20+,21-,22+/m0/s1. The number of hydrogen-bond donors (Lipinski definition) is 1. The highest BCUT2D eigenvalue weighted by atomic mass is 16.5. The Balaban J connectivity index is 1.76. The fourth-order valence-corrected chi connectivity index (χ4v) is 5.96. The normalized spacial score (nSPS) is 44.3. The molecule has 0 aromatic heterocycles. The van der Waals surface area contributed by atoms with E-state index in [4.69, 9.17) is 9.47 Å². The lowest BCUT2D eigenvalue weighted by molar-refractivity contribution is -0.208. The zero-order chi connectivity index (χ0) is 19.4. The zero-order valence-electron chi connectivity index (χ0n) is 16.0. The molecule has 2 fully saturated rings. The summed E-state index contributed by atoms with van der Waals surface area (Å²) in [6.07, 6.45) is -0.300. The predicted octanol–water partition coefficient (Wildman–Crippen LogP) is 2.74. The number of hydrogen-bond acceptors (Lipinski definition) is 5. The van der Waals surface area contributed by atoms with Gasteiger partial charge in [-0.3, -0.25) is 9.59 Å². The van der Waals surface area contributed by atoms with E-state index in [0.717, 1.165) is 5.56 Å². The van der Waals surface area contributed by atoms with E-state index in [0.29, 0.717) is 5.76 Å². The summed E-state index contributed by atoms with van der Waals surface area (Å²) in [7, 11) is 0. The molecule has 1 saturated carbocycles. The van der Waals surface area contributed by atoms with Crippen LogP contribution in [0.5, 0.6) is 0 Å². The van der Waals surface area contributed by atoms with Gasteiger partial charge < -0.3 is 14.6 Å². The first kappa shape index (κ1) is 17.1. The largest absolute Gasteiger partial charge is 0.488 e. The summed E-state index contributed by atoms with van der Waals surface area (Å²) < 4.78 is 12.2. The highest BCUT2D eigenvalue weighted by Gasteiger charge is 2.83. The second-order valence-electron chi connectivity index (χ2n) is 9.19. The summed E-state index contributed by atoms with van der Waals surface area (Å²) in [5.41, 5.74) is -3.51. The van der Waals surface area contributed by atoms with Crippen LogP contribution in [0.1, 0.15) is 45.8 Å². The minimum absolute atomic E-state index is 0.149. The molecule has 5 aliphatic rings. The fraction of sp³-hybridized carbons (Fsp3) is 0.545. The molecule has 27 heavy (non-hydrogen) atoms. The summed E-state index contributed by atoms with van der Waals surface area (Å²) in [5.74, 6) is -0.332. The highest BCUT2D eigenvalue weighted by Crippen LogP contribution is 2.72. The summed E-state index contributed by atoms with van der Waals surface area (Å²) >= 11 is 0. The molecule has 6 rings (SSSR count). The van der Waals surface area contributed by atoms with Crippen molar-refractivity contribution in [2.75, 3.05) is 6.61 Å². The molecule has 2 aliphatic heterocycles. The second-order valence-corrected chi connectivity index (χ2v) is 9.19. The molecule has 142 valence electrons. The number of Topliss-reactive ketones (excluding diaryl/α,β-unsaturated/α-hetero) is 2. The number of ketones is 2. The number of allylic oxidation sites excluding steroid dienone is 1. The van der Waals surface area contributed by atoms with Gasteiger partial charge in [0.25, 0.3) is 0 Å². The van der Waals surface area contributed by atoms with Gasteiger partial charge in [0.05, 0.1) is 24.0 Å². The van der Waals surface area contributed by atoms with Crippen LogP contribution in [-0.2, 0) is 19.1 Å². The van der Waals surface area contributed by atoms with Crippen LogP contribution in [-0.4, -0.2) is 34.5 Å². The maximum absolute atomic E-state index is 13.6. The van der Waals surface area contributed by atoms with Crippen molar-refractivity contribution in [3.8, 4) is 0 Å². The summed E-state index contributed by atoms with van der Waals surface area (Å²) in [4.78, 5) is 26.9. The summed E-state index contributed by atoms with van der Waals surface area (Å²) in [6.45, 7) is 7.68. The van der Waals surface area contributed by atoms with E-state index >= 15 is 0 Å². The second kappa shape index (κ2) is 4.70. The average molecular weight is 368 g/mol. The van der Waals surface area contributed by atoms with E-state index in [1.165, 1.54) is 0 Å². The van der Waals surface area contributed by atoms with Gasteiger partial charge in [0, 0.05) is 5.92 Å². The van der Waals surface area contributed by atoms with Gasteiger partial charge in [-0.25, -0.2) is 0 Å². The van der Waals surface area contributed by atoms with Crippen LogP contribution in [0.2, 0.25) is 0 Å². The Morgan fingerprint density at radius 2 is 1.74 bits per heavy atom. The third-order valence-corrected chi connectivity index (χ3v) is 7.96. The number of carbonyl (C=O) groups is 2. The first-order chi connectivity index (χ1) is 12.6. The maximum atomic E-state index is 13.6. The first-order valence-corrected chi connectivity index (χ1v) is 9.51. The van der Waals surface area contributed by atoms with Crippen LogP contribution in [0.25, 0.3) is 0 Å². The molecule has 3 aliphatic carbocycles. The Morgan fingerprint density at radius 1 is 1.07 bits per heavy atom. The molecule has 1 aromatic rings. The van der Waals surface area contributed by atoms with Gasteiger partial charge in [-0.15, -0.1) is 0 Å². The monoisotopic (exact) mass is 368 g/mol. The van der Waals surface area contributed by atoms with E-state index in [1.54, 1.807) is 6.92 Å². The molecule has 5 atom stereocenters. The van der Waals surface area contributed by atoms with Crippen molar-refractivity contribution in [3.05, 3.63) is 47.2 Å². The third-order valence-electron chi connectivity index (χ3n) is 7.96. The molecule has 5 heteroatoms. The molecule has 1 unspecified atom stereocenters. The Kier molecular flexibility index (Phi) is 2.99. The Bertz CT molecular complexity index is 916. The van der Waals surface area contributed by atoms with E-state index in [1.807, 2.05) is 51.1 Å². The average Bonchev–Trinajstić information content (AvgIpc) is 2.90.